The second-order valence-electron chi connectivity index (χ2n) is 7.52. The zero-order valence-corrected chi connectivity index (χ0v) is 18.0. The van der Waals surface area contributed by atoms with Crippen molar-refractivity contribution < 1.29 is 18.0 Å². The Hall–Kier alpha value is -3.40. The van der Waals surface area contributed by atoms with Gasteiger partial charge in [0, 0.05) is 31.4 Å². The van der Waals surface area contributed by atoms with Crippen LogP contribution < -0.4 is 15.8 Å². The van der Waals surface area contributed by atoms with Crippen LogP contribution in [0.2, 0.25) is 5.02 Å². The van der Waals surface area contributed by atoms with E-state index in [1.807, 2.05) is 24.3 Å². The Balaban J connectivity index is 1.50. The molecule has 0 aliphatic carbocycles. The third kappa shape index (κ3) is 5.00. The Morgan fingerprint density at radius 1 is 1.09 bits per heavy atom. The van der Waals surface area contributed by atoms with Gasteiger partial charge in [-0.15, -0.1) is 0 Å². The van der Waals surface area contributed by atoms with Gasteiger partial charge in [0.05, 0.1) is 17.4 Å². The fourth-order valence-corrected chi connectivity index (χ4v) is 3.70. The second kappa shape index (κ2) is 9.22. The first-order chi connectivity index (χ1) is 15.7. The van der Waals surface area contributed by atoms with Gasteiger partial charge in [0.25, 0.3) is 5.56 Å². The molecule has 0 unspecified atom stereocenters. The van der Waals surface area contributed by atoms with Gasteiger partial charge in [-0.05, 0) is 42.7 Å². The van der Waals surface area contributed by atoms with Gasteiger partial charge in [-0.3, -0.25) is 9.59 Å². The summed E-state index contributed by atoms with van der Waals surface area (Å²) < 4.78 is 39.0. The maximum atomic E-state index is 12.7. The van der Waals surface area contributed by atoms with E-state index in [1.165, 1.54) is 6.20 Å². The average Bonchev–Trinajstić information content (AvgIpc) is 2.80. The number of benzene rings is 1. The number of alkyl halides is 3. The molecule has 0 atom stereocenters. The molecule has 1 saturated heterocycles. The lowest BCUT2D eigenvalue weighted by Gasteiger charge is -2.27. The third-order valence-corrected chi connectivity index (χ3v) is 5.60. The molecular formula is C22H19ClF3N5O2. The number of nitrogens with zero attached hydrogens (tertiary/aromatic N) is 4. The van der Waals surface area contributed by atoms with Crippen molar-refractivity contribution in [3.05, 3.63) is 75.3 Å². The molecule has 3 heterocycles. The summed E-state index contributed by atoms with van der Waals surface area (Å²) in [4.78, 5) is 30.2. The van der Waals surface area contributed by atoms with Crippen molar-refractivity contribution in [1.29, 1.82) is 0 Å². The quantitative estimate of drug-likeness (QED) is 0.588. The maximum Gasteiger partial charge on any atom is 0.417 e. The van der Waals surface area contributed by atoms with E-state index in [1.54, 1.807) is 4.90 Å². The third-order valence-electron chi connectivity index (χ3n) is 5.24. The largest absolute Gasteiger partial charge is 0.417 e. The summed E-state index contributed by atoms with van der Waals surface area (Å²) >= 11 is 6.19. The molecule has 0 spiro atoms. The number of pyridine rings is 1. The number of nitrogens with one attached hydrogen (secondary N) is 1. The molecule has 2 aromatic heterocycles. The predicted octanol–water partition coefficient (Wildman–Crippen LogP) is 4.43. The number of halogens is 4. The molecule has 1 amide bonds. The van der Waals surface area contributed by atoms with Gasteiger partial charge in [-0.2, -0.15) is 23.0 Å². The minimum Gasteiger partial charge on any atom is -0.378 e. The van der Waals surface area contributed by atoms with E-state index in [-0.39, 0.29) is 22.4 Å². The van der Waals surface area contributed by atoms with E-state index in [4.69, 9.17) is 11.6 Å². The normalized spacial score (nSPS) is 14.4. The number of anilines is 2. The van der Waals surface area contributed by atoms with Crippen LogP contribution in [-0.2, 0) is 17.5 Å². The van der Waals surface area contributed by atoms with Gasteiger partial charge in [-0.25, -0.2) is 4.98 Å². The van der Waals surface area contributed by atoms with Crippen LogP contribution in [0, 0.1) is 0 Å². The minimum absolute atomic E-state index is 0.0830. The Morgan fingerprint density at radius 2 is 1.91 bits per heavy atom. The number of hydrogen-bond donors (Lipinski definition) is 1. The standard InChI is InChI=1S/C22H19ClF3N5O2/c23-20-17(13-29-31(21(20)33)18-8-7-15(12-28-18)22(24,25)26)27-11-14-4-3-5-16(10-14)30-9-2-1-6-19(30)32/h3-5,7-8,10,12-13,27H,1-2,6,9,11H2. The van der Waals surface area contributed by atoms with Crippen LogP contribution in [0.25, 0.3) is 5.82 Å². The van der Waals surface area contributed by atoms with Crippen molar-refractivity contribution in [3.8, 4) is 5.82 Å². The number of carbonyl (C=O) groups is 1. The first-order valence-electron chi connectivity index (χ1n) is 10.2. The SMILES string of the molecule is O=C1CCCCN1c1cccc(CNc2cnn(-c3ccc(C(F)(F)F)cn3)c(=O)c2Cl)c1. The van der Waals surface area contributed by atoms with Gasteiger partial charge in [-0.1, -0.05) is 23.7 Å². The lowest BCUT2D eigenvalue weighted by molar-refractivity contribution is -0.137. The first-order valence-corrected chi connectivity index (χ1v) is 10.6. The van der Waals surface area contributed by atoms with Gasteiger partial charge in [0.1, 0.15) is 5.02 Å². The molecule has 1 aromatic carbocycles. The Bertz CT molecular complexity index is 1230. The highest BCUT2D eigenvalue weighted by atomic mass is 35.5. The first kappa shape index (κ1) is 22.8. The second-order valence-corrected chi connectivity index (χ2v) is 7.90. The number of piperidine rings is 1. The van der Waals surface area contributed by atoms with Crippen LogP contribution >= 0.6 is 11.6 Å². The zero-order chi connectivity index (χ0) is 23.6. The lowest BCUT2D eigenvalue weighted by Crippen LogP contribution is -2.35. The molecule has 1 aliphatic rings. The fourth-order valence-electron chi connectivity index (χ4n) is 3.51. The van der Waals surface area contributed by atoms with E-state index in [0.717, 1.165) is 40.9 Å². The van der Waals surface area contributed by atoms with Gasteiger partial charge >= 0.3 is 6.18 Å². The van der Waals surface area contributed by atoms with Crippen molar-refractivity contribution in [2.75, 3.05) is 16.8 Å². The van der Waals surface area contributed by atoms with Crippen molar-refractivity contribution in [3.63, 3.8) is 0 Å². The Labute approximate surface area is 191 Å². The summed E-state index contributed by atoms with van der Waals surface area (Å²) in [5.41, 5.74) is 0.297. The van der Waals surface area contributed by atoms with Gasteiger partial charge in [0.15, 0.2) is 5.82 Å². The number of amides is 1. The van der Waals surface area contributed by atoms with Crippen LogP contribution in [0.4, 0.5) is 24.5 Å². The average molecular weight is 478 g/mol. The van der Waals surface area contributed by atoms with Crippen LogP contribution in [0.1, 0.15) is 30.4 Å². The molecule has 0 radical (unpaired) electrons. The van der Waals surface area contributed by atoms with E-state index in [9.17, 15) is 22.8 Å². The molecule has 1 fully saturated rings. The lowest BCUT2D eigenvalue weighted by atomic mass is 10.1. The van der Waals surface area contributed by atoms with E-state index in [2.05, 4.69) is 15.4 Å². The molecule has 1 N–H and O–H groups in total. The fraction of sp³-hybridized carbons (Fsp3) is 0.273. The van der Waals surface area contributed by atoms with E-state index in [0.29, 0.717) is 25.7 Å². The summed E-state index contributed by atoms with van der Waals surface area (Å²) in [6, 6.07) is 9.36. The summed E-state index contributed by atoms with van der Waals surface area (Å²) in [5.74, 6) is 0.0134. The zero-order valence-electron chi connectivity index (χ0n) is 17.3. The van der Waals surface area contributed by atoms with Gasteiger partial charge in [0.2, 0.25) is 5.91 Å². The molecule has 1 aliphatic heterocycles. The van der Waals surface area contributed by atoms with Crippen molar-refractivity contribution >= 4 is 28.9 Å². The minimum atomic E-state index is -4.53. The number of carbonyl (C=O) groups excluding carboxylic acids is 1. The smallest absolute Gasteiger partial charge is 0.378 e. The Morgan fingerprint density at radius 3 is 2.61 bits per heavy atom. The molecular weight excluding hydrogens is 459 g/mol. The van der Waals surface area contributed by atoms with Gasteiger partial charge < -0.3 is 10.2 Å². The highest BCUT2D eigenvalue weighted by Gasteiger charge is 2.30. The van der Waals surface area contributed by atoms with Crippen LogP contribution in [-0.4, -0.2) is 27.2 Å². The van der Waals surface area contributed by atoms with E-state index < -0.39 is 17.3 Å². The molecule has 172 valence electrons. The van der Waals surface area contributed by atoms with E-state index >= 15 is 0 Å². The summed E-state index contributed by atoms with van der Waals surface area (Å²) in [7, 11) is 0. The summed E-state index contributed by atoms with van der Waals surface area (Å²) in [5, 5.41) is 6.84. The number of aromatic nitrogens is 3. The van der Waals surface area contributed by atoms with Crippen molar-refractivity contribution in [2.45, 2.75) is 32.0 Å². The molecule has 33 heavy (non-hydrogen) atoms. The highest BCUT2D eigenvalue weighted by molar-refractivity contribution is 6.32. The van der Waals surface area contributed by atoms with Crippen LogP contribution in [0.15, 0.2) is 53.6 Å². The molecule has 11 heteroatoms. The molecule has 0 bridgehead atoms. The molecule has 3 aromatic rings. The van der Waals surface area contributed by atoms with Crippen molar-refractivity contribution in [2.24, 2.45) is 0 Å². The molecule has 4 rings (SSSR count). The van der Waals surface area contributed by atoms with Crippen LogP contribution in [0.5, 0.6) is 0 Å². The van der Waals surface area contributed by atoms with Crippen molar-refractivity contribution in [1.82, 2.24) is 14.8 Å². The Kier molecular flexibility index (Phi) is 6.37. The summed E-state index contributed by atoms with van der Waals surface area (Å²) in [6.45, 7) is 1.00. The number of hydrogen-bond acceptors (Lipinski definition) is 5. The highest BCUT2D eigenvalue weighted by Crippen LogP contribution is 2.29. The van der Waals surface area contributed by atoms with Crippen LogP contribution in [0.3, 0.4) is 0 Å². The summed E-state index contributed by atoms with van der Waals surface area (Å²) in [6.07, 6.45) is -0.207. The molecule has 7 nitrogen and oxygen atoms in total. The predicted molar refractivity (Wildman–Crippen MR) is 118 cm³/mol. The monoisotopic (exact) mass is 477 g/mol. The maximum absolute atomic E-state index is 12.7. The molecule has 0 saturated carbocycles. The number of rotatable bonds is 5. The topological polar surface area (TPSA) is 80.1 Å².